The summed E-state index contributed by atoms with van der Waals surface area (Å²) in [6.07, 6.45) is 109. The average Bonchev–Trinajstić information content (AvgIpc) is 3.65. The fourth-order valence-electron chi connectivity index (χ4n) is 14.1. The van der Waals surface area contributed by atoms with Crippen molar-refractivity contribution >= 4 is 11.9 Å². The number of aliphatic hydroxyl groups is 2. The summed E-state index contributed by atoms with van der Waals surface area (Å²) in [4.78, 5) is 24.7. The third-order valence-electron chi connectivity index (χ3n) is 20.7. The van der Waals surface area contributed by atoms with Crippen LogP contribution in [0.1, 0.15) is 502 Å². The Kier molecular flexibility index (Phi) is 82.3. The van der Waals surface area contributed by atoms with E-state index in [1.807, 2.05) is 0 Å². The second kappa shape index (κ2) is 83.8. The van der Waals surface area contributed by atoms with Crippen molar-refractivity contribution in [1.82, 2.24) is 5.32 Å². The molecule has 6 nitrogen and oxygen atoms in total. The van der Waals surface area contributed by atoms with Crippen molar-refractivity contribution < 1.29 is 24.5 Å². The van der Waals surface area contributed by atoms with Crippen molar-refractivity contribution in [2.24, 2.45) is 0 Å². The van der Waals surface area contributed by atoms with Crippen molar-refractivity contribution in [3.05, 3.63) is 24.3 Å². The first-order valence-electron chi connectivity index (χ1n) is 43.6. The van der Waals surface area contributed by atoms with Crippen molar-refractivity contribution in [3.63, 3.8) is 0 Å². The zero-order valence-electron chi connectivity index (χ0n) is 64.2. The van der Waals surface area contributed by atoms with Gasteiger partial charge in [0, 0.05) is 12.8 Å². The number of aliphatic hydroxyl groups excluding tert-OH is 2. The highest BCUT2D eigenvalue weighted by Crippen LogP contribution is 2.21. The van der Waals surface area contributed by atoms with Gasteiger partial charge in [0.25, 0.3) is 0 Å². The predicted molar refractivity (Wildman–Crippen MR) is 417 cm³/mol. The van der Waals surface area contributed by atoms with E-state index in [4.69, 9.17) is 4.74 Å². The molecule has 0 fully saturated rings. The standard InChI is InChI=1S/C88H171NO5/c1-3-5-7-9-11-13-15-17-19-21-23-24-42-45-48-52-56-60-64-68-72-76-80-86(91)85(84-90)89-87(92)81-77-73-69-65-61-57-53-49-46-43-40-38-36-34-32-30-28-26-25-27-29-31-33-35-37-39-41-44-47-51-55-59-63-67-71-75-79-83-94-88(93)82-78-74-70-66-62-58-54-50-22-20-18-16-14-12-10-8-6-4-2/h20,22,25,27,85-86,90-91H,3-19,21,23-24,26,28-84H2,1-2H3,(H,89,92)/b22-20-,27-25-. The third-order valence-corrected chi connectivity index (χ3v) is 20.7. The molecule has 0 radical (unpaired) electrons. The van der Waals surface area contributed by atoms with Gasteiger partial charge in [0.1, 0.15) is 0 Å². The van der Waals surface area contributed by atoms with Crippen LogP contribution < -0.4 is 5.32 Å². The molecule has 0 bridgehead atoms. The Bertz CT molecular complexity index is 1480. The van der Waals surface area contributed by atoms with Gasteiger partial charge in [-0.1, -0.05) is 436 Å². The summed E-state index contributed by atoms with van der Waals surface area (Å²) in [5.41, 5.74) is 0. The molecular weight excluding hydrogens is 1150 g/mol. The first-order chi connectivity index (χ1) is 46.5. The second-order valence-electron chi connectivity index (χ2n) is 30.2. The minimum Gasteiger partial charge on any atom is -0.466 e. The summed E-state index contributed by atoms with van der Waals surface area (Å²) in [5.74, 6) is -0.00520. The maximum Gasteiger partial charge on any atom is 0.305 e. The van der Waals surface area contributed by atoms with Gasteiger partial charge in [0.2, 0.25) is 5.91 Å². The highest BCUT2D eigenvalue weighted by Gasteiger charge is 2.20. The van der Waals surface area contributed by atoms with Crippen molar-refractivity contribution in [3.8, 4) is 0 Å². The van der Waals surface area contributed by atoms with E-state index in [1.54, 1.807) is 0 Å². The third kappa shape index (κ3) is 79.3. The van der Waals surface area contributed by atoms with Gasteiger partial charge < -0.3 is 20.3 Å². The molecule has 0 rings (SSSR count). The van der Waals surface area contributed by atoms with Crippen LogP contribution in [0.4, 0.5) is 0 Å². The zero-order chi connectivity index (χ0) is 67.7. The lowest BCUT2D eigenvalue weighted by Gasteiger charge is -2.22. The molecule has 0 aromatic carbocycles. The maximum absolute atomic E-state index is 12.6. The normalized spacial score (nSPS) is 12.5. The zero-order valence-corrected chi connectivity index (χ0v) is 64.2. The molecule has 0 aromatic rings. The van der Waals surface area contributed by atoms with Crippen LogP contribution >= 0.6 is 0 Å². The minimum atomic E-state index is -0.663. The number of unbranched alkanes of at least 4 members (excludes halogenated alkanes) is 68. The Morgan fingerprint density at radius 1 is 0.287 bits per heavy atom. The number of esters is 1. The molecule has 2 unspecified atom stereocenters. The predicted octanol–water partition coefficient (Wildman–Crippen LogP) is 29.2. The fraction of sp³-hybridized carbons (Fsp3) is 0.932. The summed E-state index contributed by atoms with van der Waals surface area (Å²) >= 11 is 0. The molecule has 94 heavy (non-hydrogen) atoms. The highest BCUT2D eigenvalue weighted by molar-refractivity contribution is 5.76. The summed E-state index contributed by atoms with van der Waals surface area (Å²) < 4.78 is 5.52. The van der Waals surface area contributed by atoms with Crippen LogP contribution in [0.2, 0.25) is 0 Å². The lowest BCUT2D eigenvalue weighted by atomic mass is 10.0. The highest BCUT2D eigenvalue weighted by atomic mass is 16.5. The molecule has 0 heterocycles. The monoisotopic (exact) mass is 1320 g/mol. The van der Waals surface area contributed by atoms with E-state index < -0.39 is 12.1 Å². The SMILES string of the molecule is CCCCCCCCC/C=C\CCCCCCCCCC(=O)OCCCCCCCCCCCCCCCCCC/C=C\CCCCCCCCCCCCCCCCCCCC(=O)NC(CO)C(O)CCCCCCCCCCCCCCCCCCCCCCCC. The van der Waals surface area contributed by atoms with E-state index >= 15 is 0 Å². The van der Waals surface area contributed by atoms with Crippen LogP contribution in [0.3, 0.4) is 0 Å². The van der Waals surface area contributed by atoms with Crippen LogP contribution in [-0.4, -0.2) is 47.4 Å². The molecule has 6 heteroatoms. The van der Waals surface area contributed by atoms with E-state index in [0.717, 1.165) is 38.5 Å². The average molecular weight is 1320 g/mol. The molecule has 0 aromatic heterocycles. The van der Waals surface area contributed by atoms with E-state index in [1.165, 1.54) is 430 Å². The van der Waals surface area contributed by atoms with Crippen LogP contribution in [0.25, 0.3) is 0 Å². The molecule has 2 atom stereocenters. The van der Waals surface area contributed by atoms with E-state index in [-0.39, 0.29) is 18.5 Å². The fourth-order valence-corrected chi connectivity index (χ4v) is 14.1. The number of allylic oxidation sites excluding steroid dienone is 4. The van der Waals surface area contributed by atoms with E-state index in [2.05, 4.69) is 43.5 Å². The minimum absolute atomic E-state index is 0.0198. The van der Waals surface area contributed by atoms with E-state index in [0.29, 0.717) is 25.9 Å². The molecule has 0 spiro atoms. The molecule has 0 aliphatic carbocycles. The van der Waals surface area contributed by atoms with Gasteiger partial charge in [-0.2, -0.15) is 0 Å². The van der Waals surface area contributed by atoms with Gasteiger partial charge >= 0.3 is 5.97 Å². The van der Waals surface area contributed by atoms with Crippen LogP contribution in [-0.2, 0) is 14.3 Å². The maximum atomic E-state index is 12.6. The molecule has 3 N–H and O–H groups in total. The van der Waals surface area contributed by atoms with Gasteiger partial charge in [-0.25, -0.2) is 0 Å². The Labute approximate surface area is 590 Å². The van der Waals surface area contributed by atoms with Gasteiger partial charge in [0.15, 0.2) is 0 Å². The summed E-state index contributed by atoms with van der Waals surface area (Å²) in [7, 11) is 0. The number of ether oxygens (including phenoxy) is 1. The Balaban J connectivity index is 3.33. The van der Waals surface area contributed by atoms with Gasteiger partial charge in [-0.3, -0.25) is 9.59 Å². The first kappa shape index (κ1) is 92.3. The number of amides is 1. The summed E-state index contributed by atoms with van der Waals surface area (Å²) in [6.45, 7) is 5.01. The molecule has 1 amide bonds. The van der Waals surface area contributed by atoms with Crippen LogP contribution in [0.15, 0.2) is 24.3 Å². The van der Waals surface area contributed by atoms with Crippen LogP contribution in [0, 0.1) is 0 Å². The molecule has 0 aliphatic heterocycles. The number of hydrogen-bond donors (Lipinski definition) is 3. The first-order valence-corrected chi connectivity index (χ1v) is 43.6. The summed E-state index contributed by atoms with van der Waals surface area (Å²) in [6, 6.07) is -0.539. The van der Waals surface area contributed by atoms with Gasteiger partial charge in [-0.05, 0) is 77.0 Å². The topological polar surface area (TPSA) is 95.9 Å². The van der Waals surface area contributed by atoms with E-state index in [9.17, 15) is 19.8 Å². The molecule has 558 valence electrons. The van der Waals surface area contributed by atoms with Crippen LogP contribution in [0.5, 0.6) is 0 Å². The van der Waals surface area contributed by atoms with Gasteiger partial charge in [0.05, 0.1) is 25.4 Å². The second-order valence-corrected chi connectivity index (χ2v) is 30.2. The van der Waals surface area contributed by atoms with Crippen molar-refractivity contribution in [2.45, 2.75) is 514 Å². The molecule has 0 saturated heterocycles. The molecule has 0 saturated carbocycles. The molecule has 0 aliphatic rings. The number of carbonyl (C=O) groups excluding carboxylic acids is 2. The smallest absolute Gasteiger partial charge is 0.305 e. The quantitative estimate of drug-likeness (QED) is 0.0320. The number of rotatable bonds is 83. The number of hydrogen-bond acceptors (Lipinski definition) is 5. The number of carbonyl (C=O) groups is 2. The lowest BCUT2D eigenvalue weighted by molar-refractivity contribution is -0.143. The molecular formula is C88H171NO5. The van der Waals surface area contributed by atoms with Crippen molar-refractivity contribution in [2.75, 3.05) is 13.2 Å². The van der Waals surface area contributed by atoms with Gasteiger partial charge in [-0.15, -0.1) is 0 Å². The van der Waals surface area contributed by atoms with Crippen molar-refractivity contribution in [1.29, 1.82) is 0 Å². The Hall–Kier alpha value is -1.66. The summed E-state index contributed by atoms with van der Waals surface area (Å²) in [5, 5.41) is 23.5. The lowest BCUT2D eigenvalue weighted by Crippen LogP contribution is -2.45. The Morgan fingerprint density at radius 3 is 0.755 bits per heavy atom. The number of nitrogens with one attached hydrogen (secondary N) is 1. The largest absolute Gasteiger partial charge is 0.466 e. The Morgan fingerprint density at radius 2 is 0.500 bits per heavy atom.